The van der Waals surface area contributed by atoms with Crippen molar-refractivity contribution in [2.45, 2.75) is 71.0 Å². The van der Waals surface area contributed by atoms with Crippen molar-refractivity contribution in [3.05, 3.63) is 46.1 Å². The first kappa shape index (κ1) is 28.1. The number of fused-ring (bicyclic) bond motifs is 1. The van der Waals surface area contributed by atoms with Gasteiger partial charge in [0.15, 0.2) is 17.5 Å². The summed E-state index contributed by atoms with van der Waals surface area (Å²) in [6, 6.07) is 2.46. The lowest BCUT2D eigenvalue weighted by molar-refractivity contribution is -0.117. The highest BCUT2D eigenvalue weighted by molar-refractivity contribution is 5.95. The average Bonchev–Trinajstić information content (AvgIpc) is 3.65. The summed E-state index contributed by atoms with van der Waals surface area (Å²) in [7, 11) is 4.17. The lowest BCUT2D eigenvalue weighted by Crippen LogP contribution is -2.36. The molecule has 8 nitrogen and oxygen atoms in total. The van der Waals surface area contributed by atoms with Crippen LogP contribution in [0.5, 0.6) is 0 Å². The highest BCUT2D eigenvalue weighted by atomic mass is 19.2. The van der Waals surface area contributed by atoms with Crippen LogP contribution < -0.4 is 16.2 Å². The number of rotatable bonds is 7. The van der Waals surface area contributed by atoms with Gasteiger partial charge in [0.2, 0.25) is 11.9 Å². The second-order valence-corrected chi connectivity index (χ2v) is 11.6. The third-order valence-corrected chi connectivity index (χ3v) is 8.19. The van der Waals surface area contributed by atoms with Crippen molar-refractivity contribution < 1.29 is 18.0 Å². The lowest BCUT2D eigenvalue weighted by Gasteiger charge is -2.33. The van der Waals surface area contributed by atoms with Crippen molar-refractivity contribution in [3.63, 3.8) is 0 Å². The van der Waals surface area contributed by atoms with E-state index in [1.165, 1.54) is 16.8 Å². The maximum Gasteiger partial charge on any atom is 0.260 e. The number of hydrogen-bond acceptors (Lipinski definition) is 6. The maximum atomic E-state index is 15.3. The molecular weight excluding hydrogens is 521 g/mol. The summed E-state index contributed by atoms with van der Waals surface area (Å²) >= 11 is 0. The number of halogens is 3. The Hall–Kier alpha value is -3.47. The zero-order chi connectivity index (χ0) is 28.9. The number of pyridine rings is 1. The molecule has 214 valence electrons. The van der Waals surface area contributed by atoms with Crippen LogP contribution in [0.2, 0.25) is 0 Å². The van der Waals surface area contributed by atoms with Crippen LogP contribution in [0, 0.1) is 29.3 Å². The minimum atomic E-state index is -1.55. The van der Waals surface area contributed by atoms with Gasteiger partial charge in [-0.3, -0.25) is 14.2 Å². The lowest BCUT2D eigenvalue weighted by atomic mass is 9.91. The van der Waals surface area contributed by atoms with Gasteiger partial charge >= 0.3 is 0 Å². The van der Waals surface area contributed by atoms with Gasteiger partial charge < -0.3 is 15.5 Å². The molecule has 0 bridgehead atoms. The van der Waals surface area contributed by atoms with Gasteiger partial charge in [-0.05, 0) is 78.1 Å². The van der Waals surface area contributed by atoms with Gasteiger partial charge in [-0.2, -0.15) is 4.98 Å². The van der Waals surface area contributed by atoms with Crippen LogP contribution >= 0.6 is 0 Å². The summed E-state index contributed by atoms with van der Waals surface area (Å²) in [5.74, 6) is -4.54. The molecule has 2 fully saturated rings. The minimum Gasteiger partial charge on any atom is -0.351 e. The Morgan fingerprint density at radius 2 is 1.75 bits per heavy atom. The van der Waals surface area contributed by atoms with Crippen LogP contribution in [0.4, 0.5) is 24.8 Å². The molecule has 2 N–H and O–H groups in total. The fourth-order valence-corrected chi connectivity index (χ4v) is 5.59. The summed E-state index contributed by atoms with van der Waals surface area (Å²) in [5, 5.41) is 5.97. The van der Waals surface area contributed by atoms with Crippen molar-refractivity contribution in [2.75, 3.05) is 24.7 Å². The number of nitrogens with one attached hydrogen (secondary N) is 2. The molecule has 1 aromatic carbocycles. The van der Waals surface area contributed by atoms with E-state index in [1.807, 2.05) is 6.92 Å². The smallest absolute Gasteiger partial charge is 0.260 e. The molecule has 0 saturated heterocycles. The van der Waals surface area contributed by atoms with Crippen molar-refractivity contribution in [3.8, 4) is 11.1 Å². The topological polar surface area (TPSA) is 92.1 Å². The minimum absolute atomic E-state index is 0.110. The highest BCUT2D eigenvalue weighted by Gasteiger charge is 2.40. The van der Waals surface area contributed by atoms with E-state index >= 15 is 13.2 Å². The van der Waals surface area contributed by atoms with Gasteiger partial charge in [-0.1, -0.05) is 6.92 Å². The summed E-state index contributed by atoms with van der Waals surface area (Å²) in [6.07, 6.45) is 6.17. The largest absolute Gasteiger partial charge is 0.351 e. The molecule has 5 rings (SSSR count). The van der Waals surface area contributed by atoms with Crippen molar-refractivity contribution in [2.24, 2.45) is 11.8 Å². The van der Waals surface area contributed by atoms with Gasteiger partial charge in [-0.15, -0.1) is 0 Å². The van der Waals surface area contributed by atoms with Crippen LogP contribution in [0.3, 0.4) is 0 Å². The molecule has 0 unspecified atom stereocenters. The molecule has 2 aliphatic carbocycles. The summed E-state index contributed by atoms with van der Waals surface area (Å²) in [5.41, 5.74) is -1.91. The van der Waals surface area contributed by atoms with E-state index in [9.17, 15) is 9.59 Å². The number of anilines is 2. The first-order valence-electron chi connectivity index (χ1n) is 13.8. The van der Waals surface area contributed by atoms with Gasteiger partial charge in [0.25, 0.3) is 5.56 Å². The molecule has 0 aliphatic heterocycles. The quantitative estimate of drug-likeness (QED) is 0.382. The fourth-order valence-electron chi connectivity index (χ4n) is 5.59. The van der Waals surface area contributed by atoms with Crippen molar-refractivity contribution in [1.29, 1.82) is 0 Å². The Morgan fingerprint density at radius 3 is 2.35 bits per heavy atom. The number of carbonyl (C=O) groups is 1. The van der Waals surface area contributed by atoms with Gasteiger partial charge in [-0.25, -0.2) is 18.2 Å². The molecule has 3 aromatic rings. The molecule has 11 heteroatoms. The van der Waals surface area contributed by atoms with E-state index < -0.39 is 40.2 Å². The number of benzene rings is 1. The molecule has 0 radical (unpaired) electrons. The zero-order valence-electron chi connectivity index (χ0n) is 23.4. The van der Waals surface area contributed by atoms with Crippen LogP contribution in [0.25, 0.3) is 22.2 Å². The highest BCUT2D eigenvalue weighted by Crippen LogP contribution is 2.39. The molecule has 2 atom stereocenters. The average molecular weight is 557 g/mol. The van der Waals surface area contributed by atoms with Crippen LogP contribution in [-0.4, -0.2) is 51.5 Å². The molecule has 40 heavy (non-hydrogen) atoms. The van der Waals surface area contributed by atoms with E-state index in [0.29, 0.717) is 29.4 Å². The molecule has 2 heterocycles. The van der Waals surface area contributed by atoms with Crippen LogP contribution in [0.1, 0.15) is 58.9 Å². The number of carbonyl (C=O) groups excluding carboxylic acids is 1. The molecule has 2 saturated carbocycles. The van der Waals surface area contributed by atoms with Crippen LogP contribution in [0.15, 0.2) is 23.1 Å². The predicted octanol–water partition coefficient (Wildman–Crippen LogP) is 5.34. The number of amides is 1. The molecule has 0 spiro atoms. The fraction of sp³-hybridized carbons (Fsp3) is 0.517. The van der Waals surface area contributed by atoms with Gasteiger partial charge in [0.1, 0.15) is 11.3 Å². The third-order valence-electron chi connectivity index (χ3n) is 8.19. The molecule has 2 aromatic heterocycles. The molecular formula is C29H35F3N6O2. The standard InChI is InChI=1S/C29H35F3N6O2/c1-14(2)38-26-16(13-33-29(36-26)34-17-6-8-18(9-7-17)37(4)5)11-21(28(38)40)20-12-22(30)25(24(32)23(20)31)35-27(39)19-10-15(19)3/h11-15,17-19H,6-10H2,1-5H3,(H,35,39)(H,33,34,36)/t15-,17-,18-,19+/m1/s1. The first-order chi connectivity index (χ1) is 19.0. The Kier molecular flexibility index (Phi) is 7.60. The normalized spacial score (nSPS) is 22.6. The second kappa shape index (κ2) is 10.8. The summed E-state index contributed by atoms with van der Waals surface area (Å²) in [6.45, 7) is 5.40. The van der Waals surface area contributed by atoms with E-state index in [-0.39, 0.29) is 29.5 Å². The van der Waals surface area contributed by atoms with Crippen LogP contribution in [-0.2, 0) is 4.79 Å². The monoisotopic (exact) mass is 556 g/mol. The van der Waals surface area contributed by atoms with E-state index in [4.69, 9.17) is 0 Å². The summed E-state index contributed by atoms with van der Waals surface area (Å²) < 4.78 is 46.7. The number of hydrogen-bond donors (Lipinski definition) is 2. The van der Waals surface area contributed by atoms with Gasteiger partial charge in [0, 0.05) is 41.2 Å². The van der Waals surface area contributed by atoms with E-state index in [1.54, 1.807) is 13.8 Å². The Labute approximate surface area is 231 Å². The van der Waals surface area contributed by atoms with Gasteiger partial charge in [0.05, 0.1) is 5.56 Å². The molecule has 1 amide bonds. The summed E-state index contributed by atoms with van der Waals surface area (Å²) in [4.78, 5) is 37.1. The Bertz CT molecular complexity index is 1510. The number of nitrogens with zero attached hydrogens (tertiary/aromatic N) is 4. The SMILES string of the molecule is CC(C)n1c(=O)c(-c2cc(F)c(NC(=O)[C@H]3C[C@H]3C)c(F)c2F)cc2cnc(N[C@H]3CC[C@H](N(C)C)CC3)nc21. The molecule has 2 aliphatic rings. The third kappa shape index (κ3) is 5.31. The second-order valence-electron chi connectivity index (χ2n) is 11.6. The Balaban J connectivity index is 1.49. The Morgan fingerprint density at radius 1 is 1.07 bits per heavy atom. The van der Waals surface area contributed by atoms with Crippen molar-refractivity contribution >= 4 is 28.6 Å². The first-order valence-corrected chi connectivity index (χ1v) is 13.8. The van der Waals surface area contributed by atoms with Crippen molar-refractivity contribution in [1.82, 2.24) is 19.4 Å². The van der Waals surface area contributed by atoms with E-state index in [0.717, 1.165) is 31.7 Å². The zero-order valence-corrected chi connectivity index (χ0v) is 23.4. The number of aromatic nitrogens is 3. The van der Waals surface area contributed by atoms with E-state index in [2.05, 4.69) is 39.6 Å². The predicted molar refractivity (Wildman–Crippen MR) is 149 cm³/mol. The maximum absolute atomic E-state index is 15.3.